The van der Waals surface area contributed by atoms with Crippen molar-refractivity contribution < 1.29 is 9.47 Å². The van der Waals surface area contributed by atoms with Crippen LogP contribution in [0.15, 0.2) is 35.8 Å². The highest BCUT2D eigenvalue weighted by atomic mass is 16.5. The molecule has 3 atom stereocenters. The van der Waals surface area contributed by atoms with Crippen molar-refractivity contribution in [2.24, 2.45) is 16.7 Å². The van der Waals surface area contributed by atoms with E-state index in [-0.39, 0.29) is 16.9 Å². The SMILES string of the molecule is COC(/C=C(\OCC1CC(C)/C=C\C=C(/C)N1C)C(C)(C)C)C(C)(C)C. The van der Waals surface area contributed by atoms with E-state index in [4.69, 9.17) is 9.47 Å². The highest BCUT2D eigenvalue weighted by molar-refractivity contribution is 5.14. The maximum atomic E-state index is 6.43. The van der Waals surface area contributed by atoms with E-state index in [1.165, 1.54) is 5.70 Å². The Bertz CT molecular complexity index is 531. The second kappa shape index (κ2) is 9.12. The summed E-state index contributed by atoms with van der Waals surface area (Å²) in [5.74, 6) is 1.55. The van der Waals surface area contributed by atoms with Crippen molar-refractivity contribution in [2.45, 2.75) is 74.0 Å². The topological polar surface area (TPSA) is 21.7 Å². The van der Waals surface area contributed by atoms with Crippen LogP contribution >= 0.6 is 0 Å². The van der Waals surface area contributed by atoms with Crippen molar-refractivity contribution in [1.82, 2.24) is 4.90 Å². The summed E-state index contributed by atoms with van der Waals surface area (Å²) in [6.45, 7) is 18.3. The normalized spacial score (nSPS) is 27.2. The monoisotopic (exact) mass is 363 g/mol. The summed E-state index contributed by atoms with van der Waals surface area (Å²) < 4.78 is 12.2. The fourth-order valence-corrected chi connectivity index (χ4v) is 3.15. The van der Waals surface area contributed by atoms with Crippen LogP contribution in [-0.4, -0.2) is 37.8 Å². The van der Waals surface area contributed by atoms with Crippen LogP contribution in [0.3, 0.4) is 0 Å². The summed E-state index contributed by atoms with van der Waals surface area (Å²) in [7, 11) is 3.94. The fourth-order valence-electron chi connectivity index (χ4n) is 3.15. The molecule has 150 valence electrons. The van der Waals surface area contributed by atoms with Gasteiger partial charge in [0, 0.05) is 25.3 Å². The minimum Gasteiger partial charge on any atom is -0.495 e. The van der Waals surface area contributed by atoms with Crippen molar-refractivity contribution in [3.8, 4) is 0 Å². The van der Waals surface area contributed by atoms with Crippen molar-refractivity contribution in [1.29, 1.82) is 0 Å². The Kier molecular flexibility index (Phi) is 8.01. The zero-order chi connectivity index (χ0) is 20.1. The van der Waals surface area contributed by atoms with Gasteiger partial charge in [0.15, 0.2) is 0 Å². The number of ether oxygens (including phenoxy) is 2. The standard InChI is InChI=1S/C23H41NO2/c1-17-12-11-13-18(2)24(9)19(14-17)16-26-21(23(6,7)8)15-20(25-10)22(3,4)5/h11-13,15,17,19-20H,14,16H2,1-10H3/b12-11-,18-13+,21-15-. The summed E-state index contributed by atoms with van der Waals surface area (Å²) in [5.41, 5.74) is 1.25. The third kappa shape index (κ3) is 6.83. The average molecular weight is 364 g/mol. The Morgan fingerprint density at radius 2 is 1.88 bits per heavy atom. The van der Waals surface area contributed by atoms with Gasteiger partial charge < -0.3 is 14.4 Å². The first kappa shape index (κ1) is 22.8. The smallest absolute Gasteiger partial charge is 0.108 e. The lowest BCUT2D eigenvalue weighted by atomic mass is 9.85. The molecule has 0 amide bonds. The molecule has 3 heteroatoms. The molecule has 1 rings (SSSR count). The van der Waals surface area contributed by atoms with Gasteiger partial charge in [-0.1, -0.05) is 60.6 Å². The maximum Gasteiger partial charge on any atom is 0.108 e. The zero-order valence-electron chi connectivity index (χ0n) is 18.7. The second-order valence-corrected chi connectivity index (χ2v) is 9.78. The molecule has 0 fully saturated rings. The Balaban J connectivity index is 2.99. The lowest BCUT2D eigenvalue weighted by molar-refractivity contribution is 0.0407. The van der Waals surface area contributed by atoms with Gasteiger partial charge in [-0.3, -0.25) is 0 Å². The van der Waals surface area contributed by atoms with E-state index >= 15 is 0 Å². The first-order chi connectivity index (χ1) is 11.9. The lowest BCUT2D eigenvalue weighted by Crippen LogP contribution is -2.37. The number of likely N-dealkylation sites (N-methyl/N-ethyl adjacent to an activating group) is 1. The predicted octanol–water partition coefficient (Wildman–Crippen LogP) is 5.79. The number of methoxy groups -OCH3 is 1. The fraction of sp³-hybridized carbons (Fsp3) is 0.739. The van der Waals surface area contributed by atoms with Gasteiger partial charge in [0.1, 0.15) is 6.61 Å². The highest BCUT2D eigenvalue weighted by Crippen LogP contribution is 2.32. The van der Waals surface area contributed by atoms with Crippen LogP contribution in [0.25, 0.3) is 0 Å². The molecule has 0 spiro atoms. The van der Waals surface area contributed by atoms with Crippen molar-refractivity contribution in [2.75, 3.05) is 20.8 Å². The van der Waals surface area contributed by atoms with Gasteiger partial charge in [0.05, 0.1) is 17.9 Å². The molecule has 0 saturated carbocycles. The maximum absolute atomic E-state index is 6.43. The molecule has 0 bridgehead atoms. The van der Waals surface area contributed by atoms with Crippen molar-refractivity contribution in [3.63, 3.8) is 0 Å². The van der Waals surface area contributed by atoms with Crippen LogP contribution in [0.1, 0.15) is 61.8 Å². The Morgan fingerprint density at radius 1 is 1.27 bits per heavy atom. The van der Waals surface area contributed by atoms with E-state index in [1.807, 2.05) is 0 Å². The van der Waals surface area contributed by atoms with Crippen molar-refractivity contribution >= 4 is 0 Å². The van der Waals surface area contributed by atoms with E-state index in [2.05, 4.69) is 91.6 Å². The average Bonchev–Trinajstić information content (AvgIpc) is 2.49. The molecule has 3 nitrogen and oxygen atoms in total. The number of hydrogen-bond acceptors (Lipinski definition) is 3. The first-order valence-corrected chi connectivity index (χ1v) is 9.82. The summed E-state index contributed by atoms with van der Waals surface area (Å²) in [5, 5.41) is 0. The van der Waals surface area contributed by atoms with E-state index < -0.39 is 0 Å². The molecule has 1 heterocycles. The molecule has 3 unspecified atom stereocenters. The largest absolute Gasteiger partial charge is 0.495 e. The Hall–Kier alpha value is -1.22. The number of hydrogen-bond donors (Lipinski definition) is 0. The minimum absolute atomic E-state index is 0.0234. The molecule has 0 radical (unpaired) electrons. The molecule has 0 saturated heterocycles. The van der Waals surface area contributed by atoms with Gasteiger partial charge in [-0.2, -0.15) is 0 Å². The Morgan fingerprint density at radius 3 is 2.38 bits per heavy atom. The van der Waals surface area contributed by atoms with E-state index in [1.54, 1.807) is 7.11 Å². The van der Waals surface area contributed by atoms with Crippen LogP contribution in [0.2, 0.25) is 0 Å². The third-order valence-electron chi connectivity index (χ3n) is 5.11. The predicted molar refractivity (Wildman–Crippen MR) is 112 cm³/mol. The van der Waals surface area contributed by atoms with Crippen LogP contribution in [0, 0.1) is 16.7 Å². The van der Waals surface area contributed by atoms with Gasteiger partial charge in [-0.25, -0.2) is 0 Å². The number of rotatable bonds is 5. The molecular formula is C23H41NO2. The van der Waals surface area contributed by atoms with Crippen LogP contribution < -0.4 is 0 Å². The zero-order valence-corrected chi connectivity index (χ0v) is 18.7. The molecule has 1 aliphatic heterocycles. The van der Waals surface area contributed by atoms with E-state index in [9.17, 15) is 0 Å². The molecule has 0 aromatic heterocycles. The number of allylic oxidation sites excluding steroid dienone is 5. The number of nitrogens with zero attached hydrogens (tertiary/aromatic N) is 1. The minimum atomic E-state index is -0.0569. The third-order valence-corrected chi connectivity index (χ3v) is 5.11. The lowest BCUT2D eigenvalue weighted by Gasteiger charge is -2.35. The summed E-state index contributed by atoms with van der Waals surface area (Å²) in [6, 6.07) is 0.354. The summed E-state index contributed by atoms with van der Waals surface area (Å²) >= 11 is 0. The summed E-state index contributed by atoms with van der Waals surface area (Å²) in [4.78, 5) is 2.35. The Labute approximate surface area is 162 Å². The first-order valence-electron chi connectivity index (χ1n) is 9.82. The highest BCUT2D eigenvalue weighted by Gasteiger charge is 2.28. The van der Waals surface area contributed by atoms with E-state index in [0.29, 0.717) is 18.6 Å². The molecule has 0 aromatic rings. The molecule has 0 N–H and O–H groups in total. The molecule has 0 aliphatic carbocycles. The second-order valence-electron chi connectivity index (χ2n) is 9.78. The van der Waals surface area contributed by atoms with Gasteiger partial charge in [0.25, 0.3) is 0 Å². The van der Waals surface area contributed by atoms with E-state index in [0.717, 1.165) is 12.2 Å². The van der Waals surface area contributed by atoms with Gasteiger partial charge in [-0.15, -0.1) is 0 Å². The van der Waals surface area contributed by atoms with Crippen LogP contribution in [-0.2, 0) is 9.47 Å². The van der Waals surface area contributed by atoms with Crippen LogP contribution in [0.5, 0.6) is 0 Å². The quantitative estimate of drug-likeness (QED) is 0.577. The molecular weight excluding hydrogens is 322 g/mol. The summed E-state index contributed by atoms with van der Waals surface area (Å²) in [6.07, 6.45) is 9.92. The van der Waals surface area contributed by atoms with Gasteiger partial charge >= 0.3 is 0 Å². The molecule has 0 aromatic carbocycles. The van der Waals surface area contributed by atoms with Crippen molar-refractivity contribution in [3.05, 3.63) is 35.8 Å². The van der Waals surface area contributed by atoms with Gasteiger partial charge in [0.2, 0.25) is 0 Å². The van der Waals surface area contributed by atoms with Crippen LogP contribution in [0.4, 0.5) is 0 Å². The molecule has 1 aliphatic rings. The molecule has 26 heavy (non-hydrogen) atoms. The van der Waals surface area contributed by atoms with Gasteiger partial charge in [-0.05, 0) is 36.8 Å².